The van der Waals surface area contributed by atoms with Crippen LogP contribution < -0.4 is 5.32 Å². The van der Waals surface area contributed by atoms with E-state index in [9.17, 15) is 9.90 Å². The number of pyridine rings is 1. The van der Waals surface area contributed by atoms with Crippen molar-refractivity contribution >= 4 is 5.91 Å². The zero-order valence-electron chi connectivity index (χ0n) is 13.3. The second kappa shape index (κ2) is 6.95. The second-order valence-corrected chi connectivity index (χ2v) is 5.41. The van der Waals surface area contributed by atoms with Crippen LogP contribution in [-0.2, 0) is 13.0 Å². The van der Waals surface area contributed by atoms with Crippen LogP contribution in [0.3, 0.4) is 0 Å². The summed E-state index contributed by atoms with van der Waals surface area (Å²) in [5.41, 5.74) is 3.55. The molecule has 0 atom stereocenters. The maximum absolute atomic E-state index is 12.2. The number of aromatic amines is 1. The molecule has 0 saturated heterocycles. The molecule has 0 radical (unpaired) electrons. The molecule has 6 heteroatoms. The Hall–Kier alpha value is -3.15. The number of rotatable bonds is 5. The lowest BCUT2D eigenvalue weighted by atomic mass is 10.1. The number of carbonyl (C=O) groups excluding carboxylic acids is 1. The van der Waals surface area contributed by atoms with Crippen molar-refractivity contribution in [2.24, 2.45) is 0 Å². The fourth-order valence-corrected chi connectivity index (χ4v) is 2.36. The minimum absolute atomic E-state index is 0.141. The molecule has 3 N–H and O–H groups in total. The molecular weight excluding hydrogens is 304 g/mol. The molecular formula is C18H18N4O2. The lowest BCUT2D eigenvalue weighted by molar-refractivity contribution is 0.0946. The summed E-state index contributed by atoms with van der Waals surface area (Å²) in [7, 11) is 0. The average Bonchev–Trinajstić information content (AvgIpc) is 3.11. The first-order valence-corrected chi connectivity index (χ1v) is 7.72. The lowest BCUT2D eigenvalue weighted by Crippen LogP contribution is -2.23. The Balaban J connectivity index is 1.74. The number of aromatic hydroxyl groups is 1. The number of hydrogen-bond donors (Lipinski definition) is 3. The van der Waals surface area contributed by atoms with Gasteiger partial charge < -0.3 is 10.4 Å². The zero-order chi connectivity index (χ0) is 16.9. The fourth-order valence-electron chi connectivity index (χ4n) is 2.36. The van der Waals surface area contributed by atoms with Gasteiger partial charge in [0.05, 0.1) is 5.69 Å². The van der Waals surface area contributed by atoms with Gasteiger partial charge in [0.25, 0.3) is 5.91 Å². The van der Waals surface area contributed by atoms with Crippen molar-refractivity contribution in [3.05, 3.63) is 65.6 Å². The number of benzene rings is 1. The molecule has 3 aromatic rings. The molecule has 0 bridgehead atoms. The Labute approximate surface area is 139 Å². The fraction of sp³-hybridized carbons (Fsp3) is 0.167. The minimum atomic E-state index is -0.253. The van der Waals surface area contributed by atoms with Crippen LogP contribution in [0.25, 0.3) is 11.3 Å². The van der Waals surface area contributed by atoms with Crippen LogP contribution in [0.2, 0.25) is 0 Å². The maximum atomic E-state index is 12.2. The van der Waals surface area contributed by atoms with Gasteiger partial charge in [0.1, 0.15) is 11.4 Å². The predicted molar refractivity (Wildman–Crippen MR) is 90.5 cm³/mol. The average molecular weight is 322 g/mol. The van der Waals surface area contributed by atoms with Crippen LogP contribution in [-0.4, -0.2) is 26.2 Å². The molecule has 0 aliphatic carbocycles. The first-order valence-electron chi connectivity index (χ1n) is 7.72. The highest BCUT2D eigenvalue weighted by atomic mass is 16.3. The van der Waals surface area contributed by atoms with E-state index in [-0.39, 0.29) is 11.7 Å². The van der Waals surface area contributed by atoms with E-state index in [2.05, 4.69) is 20.5 Å². The Morgan fingerprint density at radius 2 is 1.96 bits per heavy atom. The smallest absolute Gasteiger partial charge is 0.269 e. The van der Waals surface area contributed by atoms with E-state index in [1.807, 2.05) is 31.2 Å². The largest absolute Gasteiger partial charge is 0.507 e. The number of hydrogen-bond acceptors (Lipinski definition) is 4. The van der Waals surface area contributed by atoms with Crippen molar-refractivity contribution in [2.45, 2.75) is 19.9 Å². The van der Waals surface area contributed by atoms with Crippen molar-refractivity contribution in [3.63, 3.8) is 0 Å². The number of amides is 1. The van der Waals surface area contributed by atoms with Crippen molar-refractivity contribution in [1.82, 2.24) is 20.5 Å². The van der Waals surface area contributed by atoms with Gasteiger partial charge in [0.2, 0.25) is 0 Å². The van der Waals surface area contributed by atoms with Crippen LogP contribution in [0.1, 0.15) is 28.5 Å². The molecule has 0 spiro atoms. The summed E-state index contributed by atoms with van der Waals surface area (Å²) in [6.45, 7) is 2.45. The molecule has 1 amide bonds. The summed E-state index contributed by atoms with van der Waals surface area (Å²) >= 11 is 0. The van der Waals surface area contributed by atoms with E-state index in [0.29, 0.717) is 23.5 Å². The minimum Gasteiger partial charge on any atom is -0.507 e. The molecule has 0 saturated carbocycles. The summed E-state index contributed by atoms with van der Waals surface area (Å²) in [6.07, 6.45) is 4.22. The third-order valence-electron chi connectivity index (χ3n) is 3.77. The molecule has 2 aromatic heterocycles. The molecule has 122 valence electrons. The number of nitrogens with one attached hydrogen (secondary N) is 2. The standard InChI is InChI=1S/C18H18N4O2/c1-2-12-3-4-17(23)14(9-12)15-10-16(22-21-15)18(24)20-11-13-5-7-19-8-6-13/h3-10,23H,2,11H2,1H3,(H,20,24)(H,21,22). The van der Waals surface area contributed by atoms with Crippen LogP contribution in [0.4, 0.5) is 0 Å². The van der Waals surface area contributed by atoms with Gasteiger partial charge in [-0.05, 0) is 47.9 Å². The summed E-state index contributed by atoms with van der Waals surface area (Å²) in [5, 5.41) is 19.7. The predicted octanol–water partition coefficient (Wildman–Crippen LogP) is 2.67. The summed E-state index contributed by atoms with van der Waals surface area (Å²) in [4.78, 5) is 16.1. The zero-order valence-corrected chi connectivity index (χ0v) is 13.3. The molecule has 0 unspecified atom stereocenters. The van der Waals surface area contributed by atoms with Gasteiger partial charge >= 0.3 is 0 Å². The monoisotopic (exact) mass is 322 g/mol. The Kier molecular flexibility index (Phi) is 4.56. The normalized spacial score (nSPS) is 10.5. The number of aromatic nitrogens is 3. The molecule has 1 aromatic carbocycles. The van der Waals surface area contributed by atoms with Crippen molar-refractivity contribution in [1.29, 1.82) is 0 Å². The number of phenolic OH excluding ortho intramolecular Hbond substituents is 1. The molecule has 0 aliphatic rings. The van der Waals surface area contributed by atoms with Gasteiger partial charge in [-0.2, -0.15) is 5.10 Å². The number of phenols is 1. The Morgan fingerprint density at radius 3 is 2.71 bits per heavy atom. The van der Waals surface area contributed by atoms with Gasteiger partial charge in [0, 0.05) is 24.5 Å². The summed E-state index contributed by atoms with van der Waals surface area (Å²) < 4.78 is 0. The third kappa shape index (κ3) is 3.43. The van der Waals surface area contributed by atoms with Gasteiger partial charge in [-0.15, -0.1) is 0 Å². The van der Waals surface area contributed by atoms with E-state index in [4.69, 9.17) is 0 Å². The molecule has 0 fully saturated rings. The SMILES string of the molecule is CCc1ccc(O)c(-c2cc(C(=O)NCc3ccncc3)[nH]n2)c1. The highest BCUT2D eigenvalue weighted by Gasteiger charge is 2.13. The molecule has 6 nitrogen and oxygen atoms in total. The molecule has 24 heavy (non-hydrogen) atoms. The molecule has 0 aliphatic heterocycles. The summed E-state index contributed by atoms with van der Waals surface area (Å²) in [6, 6.07) is 10.7. The van der Waals surface area contributed by atoms with E-state index in [0.717, 1.165) is 17.5 Å². The Bertz CT molecular complexity index is 843. The molecule has 3 rings (SSSR count). The van der Waals surface area contributed by atoms with Gasteiger partial charge in [-0.3, -0.25) is 14.9 Å². The highest BCUT2D eigenvalue weighted by Crippen LogP contribution is 2.29. The number of aryl methyl sites for hydroxylation is 1. The highest BCUT2D eigenvalue weighted by molar-refractivity contribution is 5.93. The first kappa shape index (κ1) is 15.7. The van der Waals surface area contributed by atoms with Crippen molar-refractivity contribution in [2.75, 3.05) is 0 Å². The summed E-state index contributed by atoms with van der Waals surface area (Å²) in [5.74, 6) is -0.112. The quantitative estimate of drug-likeness (QED) is 0.673. The first-order chi connectivity index (χ1) is 11.7. The Morgan fingerprint density at radius 1 is 1.17 bits per heavy atom. The topological polar surface area (TPSA) is 90.9 Å². The molecule has 2 heterocycles. The maximum Gasteiger partial charge on any atom is 0.269 e. The van der Waals surface area contributed by atoms with E-state index in [1.165, 1.54) is 0 Å². The lowest BCUT2D eigenvalue weighted by Gasteiger charge is -2.04. The van der Waals surface area contributed by atoms with Crippen LogP contribution in [0.5, 0.6) is 5.75 Å². The number of carbonyl (C=O) groups is 1. The van der Waals surface area contributed by atoms with E-state index < -0.39 is 0 Å². The van der Waals surface area contributed by atoms with Gasteiger partial charge in [-0.25, -0.2) is 0 Å². The number of H-pyrrole nitrogens is 1. The van der Waals surface area contributed by atoms with E-state index in [1.54, 1.807) is 24.5 Å². The van der Waals surface area contributed by atoms with E-state index >= 15 is 0 Å². The van der Waals surface area contributed by atoms with Gasteiger partial charge in [0.15, 0.2) is 0 Å². The number of nitrogens with zero attached hydrogens (tertiary/aromatic N) is 2. The van der Waals surface area contributed by atoms with Gasteiger partial charge in [-0.1, -0.05) is 13.0 Å². The van der Waals surface area contributed by atoms with Crippen molar-refractivity contribution in [3.8, 4) is 17.0 Å². The van der Waals surface area contributed by atoms with Crippen LogP contribution in [0, 0.1) is 0 Å². The van der Waals surface area contributed by atoms with Crippen LogP contribution >= 0.6 is 0 Å². The third-order valence-corrected chi connectivity index (χ3v) is 3.77. The van der Waals surface area contributed by atoms with Crippen molar-refractivity contribution < 1.29 is 9.90 Å². The second-order valence-electron chi connectivity index (χ2n) is 5.41. The van der Waals surface area contributed by atoms with Crippen LogP contribution in [0.15, 0.2) is 48.8 Å².